The van der Waals surface area contributed by atoms with Gasteiger partial charge in [-0.1, -0.05) is 267 Å². The lowest BCUT2D eigenvalue weighted by Crippen LogP contribution is -1.88. The van der Waals surface area contributed by atoms with Crippen LogP contribution in [0, 0.1) is 90.6 Å². The third-order valence-corrected chi connectivity index (χ3v) is 18.1. The van der Waals surface area contributed by atoms with E-state index in [9.17, 15) is 42.1 Å². The molecule has 0 unspecified atom stereocenters. The van der Waals surface area contributed by atoms with E-state index in [1.165, 1.54) is 0 Å². The van der Waals surface area contributed by atoms with Crippen molar-refractivity contribution in [2.24, 2.45) is 0 Å². The summed E-state index contributed by atoms with van der Waals surface area (Å²) in [5, 5.41) is 85.5. The van der Waals surface area contributed by atoms with E-state index in [0.717, 1.165) is 110 Å². The maximum Gasteiger partial charge on any atom is 0.102 e. The van der Waals surface area contributed by atoms with Gasteiger partial charge < -0.3 is 22.9 Å². The lowest BCUT2D eigenvalue weighted by molar-refractivity contribution is 1.49. The summed E-state index contributed by atoms with van der Waals surface area (Å²) in [5.74, 6) is 0. The SMILES string of the molecule is N#Cc1c2ccccc(-c3cccc4ccccc34)c-2c(C#N)c1N.N#Cc1c2ccccc(-c3cccc4ccccc34)c-2c(C#N)c1N.N#Cc1c2ccccc(-c3cccc4ccccc34)c-2c(C#N)c1N.N#Cc1c2ccccc(-c3cccc4ccccc34)c-2c(C#N)c1N. The van der Waals surface area contributed by atoms with Crippen LogP contribution in [0.4, 0.5) is 22.7 Å². The van der Waals surface area contributed by atoms with E-state index in [1.807, 2.05) is 194 Å². The molecule has 100 heavy (non-hydrogen) atoms. The number of nitriles is 8. The van der Waals surface area contributed by atoms with Gasteiger partial charge in [0.1, 0.15) is 48.6 Å². The van der Waals surface area contributed by atoms with Crippen molar-refractivity contribution in [3.05, 3.63) is 311 Å². The number of hydrogen-bond donors (Lipinski definition) is 4. The Hall–Kier alpha value is -15.3. The van der Waals surface area contributed by atoms with Crippen molar-refractivity contribution < 1.29 is 0 Å². The van der Waals surface area contributed by atoms with Gasteiger partial charge in [-0.2, -0.15) is 42.1 Å². The summed E-state index contributed by atoms with van der Waals surface area (Å²) in [6.07, 6.45) is 0. The van der Waals surface area contributed by atoms with Crippen LogP contribution in [0.5, 0.6) is 0 Å². The van der Waals surface area contributed by atoms with E-state index in [-0.39, 0.29) is 22.7 Å². The van der Waals surface area contributed by atoms with Gasteiger partial charge in [0.2, 0.25) is 0 Å². The summed E-state index contributed by atoms with van der Waals surface area (Å²) < 4.78 is 0. The second-order valence-electron chi connectivity index (χ2n) is 23.3. The van der Waals surface area contributed by atoms with E-state index in [1.54, 1.807) is 0 Å². The average molecular weight is 1280 g/mol. The highest BCUT2D eigenvalue weighted by Crippen LogP contribution is 2.49. The summed E-state index contributed by atoms with van der Waals surface area (Å²) in [6.45, 7) is 0. The number of nitrogens with zero attached hydrogens (tertiary/aromatic N) is 8. The largest absolute Gasteiger partial charge is 0.397 e. The van der Waals surface area contributed by atoms with Crippen molar-refractivity contribution in [2.75, 3.05) is 22.9 Å². The number of rotatable bonds is 4. The first kappa shape index (κ1) is 63.5. The predicted octanol–water partition coefficient (Wildman–Crippen LogP) is 19.7. The Kier molecular flexibility index (Phi) is 17.4. The normalized spacial score (nSPS) is 10.5. The van der Waals surface area contributed by atoms with Crippen LogP contribution in [0.1, 0.15) is 44.5 Å². The maximum atomic E-state index is 9.65. The Bertz CT molecular complexity index is 5440. The first-order chi connectivity index (χ1) is 49.0. The predicted molar refractivity (Wildman–Crippen MR) is 399 cm³/mol. The minimum absolute atomic E-state index is 0.257. The van der Waals surface area contributed by atoms with Crippen LogP contribution >= 0.6 is 0 Å². The molecule has 0 spiro atoms. The maximum absolute atomic E-state index is 9.65. The van der Waals surface area contributed by atoms with Gasteiger partial charge >= 0.3 is 0 Å². The molecule has 0 atom stereocenters. The molecule has 0 saturated carbocycles. The molecule has 12 heteroatoms. The molecule has 8 aliphatic carbocycles. The van der Waals surface area contributed by atoms with Gasteiger partial charge in [0.15, 0.2) is 0 Å². The quantitative estimate of drug-likeness (QED) is 0.128. The molecule has 0 saturated heterocycles. The van der Waals surface area contributed by atoms with Gasteiger partial charge in [-0.15, -0.1) is 0 Å². The molecular formula is C88H52N12. The molecule has 8 aromatic carbocycles. The summed E-state index contributed by atoms with van der Waals surface area (Å²) in [7, 11) is 0. The fraction of sp³-hybridized carbons (Fsp3) is 0. The summed E-state index contributed by atoms with van der Waals surface area (Å²) in [5.41, 5.74) is 41.8. The molecule has 0 aromatic heterocycles. The third-order valence-electron chi connectivity index (χ3n) is 18.1. The summed E-state index contributed by atoms with van der Waals surface area (Å²) in [6, 6.07) is 105. The van der Waals surface area contributed by atoms with E-state index in [4.69, 9.17) is 22.9 Å². The minimum Gasteiger partial charge on any atom is -0.397 e. The van der Waals surface area contributed by atoms with Crippen molar-refractivity contribution in [1.29, 1.82) is 42.1 Å². The van der Waals surface area contributed by atoms with Crippen molar-refractivity contribution in [2.45, 2.75) is 0 Å². The number of hydrogen-bond acceptors (Lipinski definition) is 12. The number of fused-ring (bicyclic) bond motifs is 8. The second-order valence-corrected chi connectivity index (χ2v) is 23.3. The topological polar surface area (TPSA) is 294 Å². The van der Waals surface area contributed by atoms with Crippen LogP contribution in [0.2, 0.25) is 0 Å². The van der Waals surface area contributed by atoms with Gasteiger partial charge in [0.25, 0.3) is 0 Å². The van der Waals surface area contributed by atoms with Crippen molar-refractivity contribution in [3.63, 3.8) is 0 Å². The van der Waals surface area contributed by atoms with E-state index >= 15 is 0 Å². The van der Waals surface area contributed by atoms with Gasteiger partial charge in [0, 0.05) is 44.5 Å². The summed E-state index contributed by atoms with van der Waals surface area (Å²) in [4.78, 5) is 0. The van der Waals surface area contributed by atoms with E-state index in [2.05, 4.69) is 121 Å². The molecule has 0 radical (unpaired) electrons. The van der Waals surface area contributed by atoms with Crippen LogP contribution in [-0.2, 0) is 0 Å². The van der Waals surface area contributed by atoms with Crippen LogP contribution < -0.4 is 22.9 Å². The standard InChI is InChI=1S/4C22H13N3/c4*23-12-19-18-10-4-3-9-17(21(18)20(13-24)22(19)25)16-11-5-7-14-6-1-2-8-15(14)16/h4*1-11H,25H2. The molecule has 464 valence electrons. The summed E-state index contributed by atoms with van der Waals surface area (Å²) >= 11 is 0. The highest BCUT2D eigenvalue weighted by atomic mass is 14.6. The zero-order valence-corrected chi connectivity index (χ0v) is 53.3. The zero-order chi connectivity index (χ0) is 69.6. The molecule has 8 aromatic rings. The second kappa shape index (κ2) is 27.4. The Labute approximate surface area is 576 Å². The van der Waals surface area contributed by atoms with Gasteiger partial charge in [-0.25, -0.2) is 0 Å². The van der Waals surface area contributed by atoms with E-state index in [0.29, 0.717) is 66.8 Å². The number of benzene rings is 8. The molecule has 0 fully saturated rings. The lowest BCUT2D eigenvalue weighted by atomic mass is 9.93. The molecule has 16 rings (SSSR count). The first-order valence-electron chi connectivity index (χ1n) is 31.5. The van der Waals surface area contributed by atoms with Crippen LogP contribution in [0.15, 0.2) is 267 Å². The van der Waals surface area contributed by atoms with Gasteiger partial charge in [0.05, 0.1) is 67.3 Å². The van der Waals surface area contributed by atoms with Crippen molar-refractivity contribution in [3.8, 4) is 138 Å². The smallest absolute Gasteiger partial charge is 0.102 e. The fourth-order valence-corrected chi connectivity index (χ4v) is 13.7. The number of anilines is 4. The van der Waals surface area contributed by atoms with Crippen LogP contribution in [0.25, 0.3) is 132 Å². The monoisotopic (exact) mass is 1280 g/mol. The van der Waals surface area contributed by atoms with Gasteiger partial charge in [-0.05, 0) is 87.6 Å². The average Bonchev–Trinajstić information content (AvgIpc) is 1.58. The Morgan fingerprint density at radius 1 is 0.160 bits per heavy atom. The highest BCUT2D eigenvalue weighted by Gasteiger charge is 2.29. The molecule has 0 heterocycles. The Balaban J connectivity index is 0.000000119. The first-order valence-corrected chi connectivity index (χ1v) is 31.5. The number of nitrogen functional groups attached to an aromatic ring is 4. The highest BCUT2D eigenvalue weighted by molar-refractivity contribution is 6.09. The molecule has 0 aliphatic heterocycles. The molecule has 8 aliphatic rings. The molecule has 12 nitrogen and oxygen atoms in total. The van der Waals surface area contributed by atoms with Crippen molar-refractivity contribution in [1.82, 2.24) is 0 Å². The molecule has 8 N–H and O–H groups in total. The van der Waals surface area contributed by atoms with Crippen molar-refractivity contribution >= 4 is 65.8 Å². The third kappa shape index (κ3) is 10.9. The fourth-order valence-electron chi connectivity index (χ4n) is 13.7. The number of nitrogens with two attached hydrogens (primary N) is 4. The molecule has 0 bridgehead atoms. The lowest BCUT2D eigenvalue weighted by Gasteiger charge is -2.09. The Morgan fingerprint density at radius 3 is 0.500 bits per heavy atom. The van der Waals surface area contributed by atoms with Crippen LogP contribution in [0.3, 0.4) is 0 Å². The molecular weight excluding hydrogens is 1230 g/mol. The Morgan fingerprint density at radius 2 is 0.310 bits per heavy atom. The zero-order valence-electron chi connectivity index (χ0n) is 53.3. The van der Waals surface area contributed by atoms with E-state index < -0.39 is 0 Å². The van der Waals surface area contributed by atoms with Gasteiger partial charge in [-0.3, -0.25) is 0 Å². The molecule has 0 amide bonds. The minimum atomic E-state index is 0.257. The van der Waals surface area contributed by atoms with Crippen LogP contribution in [-0.4, -0.2) is 0 Å².